The molecule has 22 heavy (non-hydrogen) atoms. The zero-order valence-electron chi connectivity index (χ0n) is 13.7. The molecule has 1 atom stereocenters. The Balaban J connectivity index is 0.00000242. The lowest BCUT2D eigenvalue weighted by atomic mass is 10.2. The topological polar surface area (TPSA) is 55.9 Å². The number of likely N-dealkylation sites (N-methyl/N-ethyl adjacent to an activating group) is 1. The van der Waals surface area contributed by atoms with Gasteiger partial charge in [-0.1, -0.05) is 0 Å². The molecule has 0 aromatic heterocycles. The molecule has 2 aliphatic rings. The predicted octanol–water partition coefficient (Wildman–Crippen LogP) is 0.173. The number of hydrogen-bond acceptors (Lipinski definition) is 4. The highest BCUT2D eigenvalue weighted by atomic mass is 35.5. The lowest BCUT2D eigenvalue weighted by Gasteiger charge is -2.36. The molecule has 2 heterocycles. The molecule has 0 bridgehead atoms. The molecule has 0 aromatic carbocycles. The summed E-state index contributed by atoms with van der Waals surface area (Å²) in [6.07, 6.45) is 2.05. The summed E-state index contributed by atoms with van der Waals surface area (Å²) < 4.78 is 0. The number of nitrogens with zero attached hydrogens (tertiary/aromatic N) is 3. The van der Waals surface area contributed by atoms with Crippen molar-refractivity contribution < 1.29 is 9.59 Å². The van der Waals surface area contributed by atoms with E-state index in [0.29, 0.717) is 6.54 Å². The average Bonchev–Trinajstić information content (AvgIpc) is 3.03. The SMILES string of the molecule is CCN(CC)C(=O)CN1CCN(C(=O)C2CCCN2)CC1.Cl. The van der Waals surface area contributed by atoms with Gasteiger partial charge in [0.25, 0.3) is 0 Å². The smallest absolute Gasteiger partial charge is 0.239 e. The van der Waals surface area contributed by atoms with Crippen LogP contribution in [0.15, 0.2) is 0 Å². The minimum Gasteiger partial charge on any atom is -0.342 e. The van der Waals surface area contributed by atoms with Crippen molar-refractivity contribution in [2.24, 2.45) is 0 Å². The predicted molar refractivity (Wildman–Crippen MR) is 89.2 cm³/mol. The van der Waals surface area contributed by atoms with E-state index in [0.717, 1.165) is 58.7 Å². The maximum Gasteiger partial charge on any atom is 0.239 e. The van der Waals surface area contributed by atoms with Crippen LogP contribution in [0.25, 0.3) is 0 Å². The number of rotatable bonds is 5. The highest BCUT2D eigenvalue weighted by Gasteiger charge is 2.29. The third-order valence-corrected chi connectivity index (χ3v) is 4.52. The first kappa shape index (κ1) is 19.2. The van der Waals surface area contributed by atoms with E-state index in [9.17, 15) is 9.59 Å². The van der Waals surface area contributed by atoms with E-state index in [1.54, 1.807) is 0 Å². The maximum atomic E-state index is 12.3. The van der Waals surface area contributed by atoms with E-state index in [2.05, 4.69) is 10.2 Å². The summed E-state index contributed by atoms with van der Waals surface area (Å²) in [7, 11) is 0. The minimum absolute atomic E-state index is 0. The van der Waals surface area contributed by atoms with Crippen LogP contribution < -0.4 is 5.32 Å². The van der Waals surface area contributed by atoms with Gasteiger partial charge in [0.15, 0.2) is 0 Å². The second-order valence-electron chi connectivity index (χ2n) is 5.82. The molecule has 2 rings (SSSR count). The van der Waals surface area contributed by atoms with Gasteiger partial charge in [-0.15, -0.1) is 12.4 Å². The van der Waals surface area contributed by atoms with Gasteiger partial charge >= 0.3 is 0 Å². The first-order valence-corrected chi connectivity index (χ1v) is 8.18. The van der Waals surface area contributed by atoms with Crippen LogP contribution in [0.3, 0.4) is 0 Å². The maximum absolute atomic E-state index is 12.3. The van der Waals surface area contributed by atoms with Gasteiger partial charge in [-0.2, -0.15) is 0 Å². The van der Waals surface area contributed by atoms with Crippen molar-refractivity contribution in [1.82, 2.24) is 20.0 Å². The zero-order valence-corrected chi connectivity index (χ0v) is 14.5. The van der Waals surface area contributed by atoms with Crippen molar-refractivity contribution >= 4 is 24.2 Å². The molecule has 128 valence electrons. The molecule has 1 unspecified atom stereocenters. The van der Waals surface area contributed by atoms with Crippen LogP contribution in [0.4, 0.5) is 0 Å². The lowest BCUT2D eigenvalue weighted by molar-refractivity contribution is -0.136. The van der Waals surface area contributed by atoms with Crippen LogP contribution in [-0.2, 0) is 9.59 Å². The fourth-order valence-corrected chi connectivity index (χ4v) is 3.11. The Hall–Kier alpha value is -0.850. The summed E-state index contributed by atoms with van der Waals surface area (Å²) in [5.41, 5.74) is 0. The molecule has 6 nitrogen and oxygen atoms in total. The molecule has 2 saturated heterocycles. The van der Waals surface area contributed by atoms with Crippen LogP contribution in [0.2, 0.25) is 0 Å². The third-order valence-electron chi connectivity index (χ3n) is 4.52. The second kappa shape index (κ2) is 9.33. The molecule has 2 fully saturated rings. The van der Waals surface area contributed by atoms with Crippen molar-refractivity contribution in [1.29, 1.82) is 0 Å². The highest BCUT2D eigenvalue weighted by molar-refractivity contribution is 5.85. The Morgan fingerprint density at radius 1 is 1.14 bits per heavy atom. The molecule has 0 aromatic rings. The standard InChI is InChI=1S/C15H28N4O2.ClH/c1-3-18(4-2)14(20)12-17-8-10-19(11-9-17)15(21)13-6-5-7-16-13;/h13,16H,3-12H2,1-2H3;1H. The number of halogens is 1. The molecular weight excluding hydrogens is 304 g/mol. The Bertz CT molecular complexity index is 363. The fourth-order valence-electron chi connectivity index (χ4n) is 3.11. The van der Waals surface area contributed by atoms with Gasteiger partial charge in [-0.3, -0.25) is 14.5 Å². The summed E-state index contributed by atoms with van der Waals surface area (Å²) >= 11 is 0. The third kappa shape index (κ3) is 4.83. The van der Waals surface area contributed by atoms with E-state index >= 15 is 0 Å². The van der Waals surface area contributed by atoms with Crippen LogP contribution in [0.5, 0.6) is 0 Å². The Kier molecular flexibility index (Phi) is 8.14. The van der Waals surface area contributed by atoms with Crippen LogP contribution in [-0.4, -0.2) is 84.9 Å². The van der Waals surface area contributed by atoms with Gasteiger partial charge in [0.2, 0.25) is 11.8 Å². The van der Waals surface area contributed by atoms with Gasteiger partial charge in [0.05, 0.1) is 12.6 Å². The Morgan fingerprint density at radius 2 is 1.77 bits per heavy atom. The zero-order chi connectivity index (χ0) is 15.2. The molecule has 2 amide bonds. The number of nitrogens with one attached hydrogen (secondary N) is 1. The van der Waals surface area contributed by atoms with E-state index in [-0.39, 0.29) is 30.3 Å². The van der Waals surface area contributed by atoms with Gasteiger partial charge in [-0.05, 0) is 33.2 Å². The molecular formula is C15H29ClN4O2. The van der Waals surface area contributed by atoms with Gasteiger partial charge in [0.1, 0.15) is 0 Å². The Morgan fingerprint density at radius 3 is 2.27 bits per heavy atom. The number of piperazine rings is 1. The largest absolute Gasteiger partial charge is 0.342 e. The molecule has 7 heteroatoms. The van der Waals surface area contributed by atoms with Crippen LogP contribution in [0, 0.1) is 0 Å². The number of carbonyl (C=O) groups is 2. The first-order valence-electron chi connectivity index (χ1n) is 8.18. The molecule has 1 N–H and O–H groups in total. The highest BCUT2D eigenvalue weighted by Crippen LogP contribution is 2.11. The number of carbonyl (C=O) groups excluding carboxylic acids is 2. The number of hydrogen-bond donors (Lipinski definition) is 1. The van der Waals surface area contributed by atoms with Crippen molar-refractivity contribution in [3.63, 3.8) is 0 Å². The van der Waals surface area contributed by atoms with Gasteiger partial charge in [-0.25, -0.2) is 0 Å². The normalized spacial score (nSPS) is 22.3. The van der Waals surface area contributed by atoms with Crippen molar-refractivity contribution in [3.8, 4) is 0 Å². The lowest BCUT2D eigenvalue weighted by Crippen LogP contribution is -2.54. The molecule has 0 spiro atoms. The summed E-state index contributed by atoms with van der Waals surface area (Å²) in [6, 6.07) is 0.0221. The molecule has 0 saturated carbocycles. The van der Waals surface area contributed by atoms with E-state index in [1.807, 2.05) is 23.6 Å². The average molecular weight is 333 g/mol. The Labute approximate surface area is 139 Å². The van der Waals surface area contributed by atoms with Crippen LogP contribution in [0.1, 0.15) is 26.7 Å². The molecule has 2 aliphatic heterocycles. The van der Waals surface area contributed by atoms with Crippen molar-refractivity contribution in [2.45, 2.75) is 32.7 Å². The van der Waals surface area contributed by atoms with Crippen molar-refractivity contribution in [3.05, 3.63) is 0 Å². The van der Waals surface area contributed by atoms with E-state index in [1.165, 1.54) is 0 Å². The van der Waals surface area contributed by atoms with Gasteiger partial charge < -0.3 is 15.1 Å². The fraction of sp³-hybridized carbons (Fsp3) is 0.867. The van der Waals surface area contributed by atoms with Crippen molar-refractivity contribution in [2.75, 3.05) is 52.4 Å². The van der Waals surface area contributed by atoms with Crippen LogP contribution >= 0.6 is 12.4 Å². The second-order valence-corrected chi connectivity index (χ2v) is 5.82. The summed E-state index contributed by atoms with van der Waals surface area (Å²) in [5.74, 6) is 0.430. The monoisotopic (exact) mass is 332 g/mol. The minimum atomic E-state index is 0. The van der Waals surface area contributed by atoms with Gasteiger partial charge in [0, 0.05) is 39.3 Å². The summed E-state index contributed by atoms with van der Waals surface area (Å²) in [6.45, 7) is 10.0. The quantitative estimate of drug-likeness (QED) is 0.780. The molecule has 0 aliphatic carbocycles. The molecule has 0 radical (unpaired) electrons. The van der Waals surface area contributed by atoms with E-state index in [4.69, 9.17) is 0 Å². The first-order chi connectivity index (χ1) is 10.2. The van der Waals surface area contributed by atoms with E-state index < -0.39 is 0 Å². The summed E-state index contributed by atoms with van der Waals surface area (Å²) in [5, 5.41) is 3.26. The number of amides is 2. The summed E-state index contributed by atoms with van der Waals surface area (Å²) in [4.78, 5) is 30.4.